The second-order valence-electron chi connectivity index (χ2n) is 3.60. The highest BCUT2D eigenvalue weighted by Crippen LogP contribution is 2.19. The second kappa shape index (κ2) is 4.78. The van der Waals surface area contributed by atoms with Crippen LogP contribution >= 0.6 is 11.6 Å². The average Bonchev–Trinajstić information content (AvgIpc) is 2.36. The van der Waals surface area contributed by atoms with E-state index in [1.807, 2.05) is 30.3 Å². The molecule has 1 aromatic carbocycles. The topological polar surface area (TPSA) is 53.4 Å². The largest absolute Gasteiger partial charge is 0.389 e. The van der Waals surface area contributed by atoms with Gasteiger partial charge in [0.1, 0.15) is 6.10 Å². The van der Waals surface area contributed by atoms with Crippen molar-refractivity contribution < 1.29 is 10.2 Å². The first-order valence-corrected chi connectivity index (χ1v) is 5.53. The van der Waals surface area contributed by atoms with Crippen molar-refractivity contribution in [2.24, 2.45) is 0 Å². The molecule has 4 heteroatoms. The highest BCUT2D eigenvalue weighted by atomic mass is 35.5. The maximum Gasteiger partial charge on any atom is 0.123 e. The zero-order chi connectivity index (χ0) is 11.5. The third-order valence-electron chi connectivity index (χ3n) is 2.45. The lowest BCUT2D eigenvalue weighted by molar-refractivity contribution is 0.0302. The lowest BCUT2D eigenvalue weighted by Crippen LogP contribution is -2.20. The Hall–Kier alpha value is -1.16. The van der Waals surface area contributed by atoms with Crippen LogP contribution in [0.5, 0.6) is 0 Å². The summed E-state index contributed by atoms with van der Waals surface area (Å²) in [6, 6.07) is 11.2. The average molecular weight is 238 g/mol. The minimum atomic E-state index is -1.04. The molecule has 0 spiro atoms. The molecule has 2 N–H and O–H groups in total. The van der Waals surface area contributed by atoms with E-state index in [9.17, 15) is 10.2 Å². The van der Waals surface area contributed by atoms with E-state index in [1.54, 1.807) is 6.07 Å². The Balaban J connectivity index is 2.39. The second-order valence-corrected chi connectivity index (χ2v) is 3.90. The number of rotatable bonds is 3. The van der Waals surface area contributed by atoms with Gasteiger partial charge < -0.3 is 10.2 Å². The van der Waals surface area contributed by atoms with E-state index in [4.69, 9.17) is 11.6 Å². The van der Waals surface area contributed by atoms with Crippen molar-refractivity contribution in [3.8, 4) is 0 Å². The summed E-state index contributed by atoms with van der Waals surface area (Å²) in [6.07, 6.45) is -2.03. The molecule has 0 saturated heterocycles. The first-order chi connectivity index (χ1) is 7.72. The van der Waals surface area contributed by atoms with Crippen LogP contribution in [0.2, 0.25) is 0 Å². The summed E-state index contributed by atoms with van der Waals surface area (Å²) in [6.45, 7) is 0. The highest BCUT2D eigenvalue weighted by molar-refractivity contribution is 6.18. The Bertz CT molecular complexity index is 489. The predicted octanol–water partition coefficient (Wildman–Crippen LogP) is 1.87. The minimum absolute atomic E-state index is 0.0182. The number of benzene rings is 1. The lowest BCUT2D eigenvalue weighted by Gasteiger charge is -2.15. The molecular weight excluding hydrogens is 226 g/mol. The predicted molar refractivity (Wildman–Crippen MR) is 63.4 cm³/mol. The van der Waals surface area contributed by atoms with Gasteiger partial charge in [0, 0.05) is 5.39 Å². The van der Waals surface area contributed by atoms with Gasteiger partial charge in [0.2, 0.25) is 0 Å². The maximum atomic E-state index is 9.75. The third-order valence-corrected chi connectivity index (χ3v) is 2.76. The number of halogens is 1. The number of nitrogens with zero attached hydrogens (tertiary/aromatic N) is 1. The van der Waals surface area contributed by atoms with E-state index in [1.165, 1.54) is 0 Å². The van der Waals surface area contributed by atoms with E-state index in [2.05, 4.69) is 4.98 Å². The van der Waals surface area contributed by atoms with Gasteiger partial charge in [-0.1, -0.05) is 24.3 Å². The quantitative estimate of drug-likeness (QED) is 0.802. The van der Waals surface area contributed by atoms with Crippen LogP contribution in [0.15, 0.2) is 36.4 Å². The molecule has 2 unspecified atom stereocenters. The van der Waals surface area contributed by atoms with Gasteiger partial charge in [-0.3, -0.25) is 0 Å². The van der Waals surface area contributed by atoms with Crippen LogP contribution < -0.4 is 0 Å². The Morgan fingerprint density at radius 2 is 1.88 bits per heavy atom. The van der Waals surface area contributed by atoms with Crippen LogP contribution in [0.3, 0.4) is 0 Å². The number of para-hydroxylation sites is 1. The van der Waals surface area contributed by atoms with Gasteiger partial charge in [0.05, 0.1) is 23.2 Å². The third kappa shape index (κ3) is 2.16. The summed E-state index contributed by atoms with van der Waals surface area (Å²) in [5.74, 6) is -0.0182. The van der Waals surface area contributed by atoms with Gasteiger partial charge in [-0.25, -0.2) is 4.98 Å². The molecule has 0 aliphatic rings. The van der Waals surface area contributed by atoms with Crippen LogP contribution in [0, 0.1) is 0 Å². The number of hydrogen-bond acceptors (Lipinski definition) is 3. The SMILES string of the molecule is OC(CCl)C(O)c1ccc2ccccc2n1. The Morgan fingerprint density at radius 3 is 2.62 bits per heavy atom. The number of aromatic nitrogens is 1. The zero-order valence-electron chi connectivity index (χ0n) is 8.55. The minimum Gasteiger partial charge on any atom is -0.389 e. The van der Waals surface area contributed by atoms with Crippen molar-refractivity contribution >= 4 is 22.5 Å². The molecule has 0 amide bonds. The molecule has 1 aromatic heterocycles. The van der Waals surface area contributed by atoms with Gasteiger partial charge in [-0.05, 0) is 12.1 Å². The molecule has 16 heavy (non-hydrogen) atoms. The summed E-state index contributed by atoms with van der Waals surface area (Å²) in [7, 11) is 0. The number of aliphatic hydroxyl groups excluding tert-OH is 2. The molecule has 0 aliphatic carbocycles. The van der Waals surface area contributed by atoms with Gasteiger partial charge >= 0.3 is 0 Å². The molecule has 1 heterocycles. The monoisotopic (exact) mass is 237 g/mol. The van der Waals surface area contributed by atoms with Crippen LogP contribution in [0.25, 0.3) is 10.9 Å². The fourth-order valence-corrected chi connectivity index (χ4v) is 1.70. The molecule has 2 aromatic rings. The molecule has 0 radical (unpaired) electrons. The summed E-state index contributed by atoms with van der Waals surface area (Å²) < 4.78 is 0. The molecule has 84 valence electrons. The van der Waals surface area contributed by atoms with E-state index < -0.39 is 12.2 Å². The first-order valence-electron chi connectivity index (χ1n) is 5.00. The van der Waals surface area contributed by atoms with E-state index in [-0.39, 0.29) is 5.88 Å². The van der Waals surface area contributed by atoms with Gasteiger partial charge in [-0.15, -0.1) is 11.6 Å². The van der Waals surface area contributed by atoms with E-state index in [0.29, 0.717) is 5.69 Å². The Labute approximate surface area is 98.3 Å². The normalized spacial score (nSPS) is 14.9. The van der Waals surface area contributed by atoms with Crippen LogP contribution in [0.4, 0.5) is 0 Å². The van der Waals surface area contributed by atoms with Crippen molar-refractivity contribution in [2.45, 2.75) is 12.2 Å². The number of fused-ring (bicyclic) bond motifs is 1. The van der Waals surface area contributed by atoms with Crippen molar-refractivity contribution in [3.63, 3.8) is 0 Å². The number of pyridine rings is 1. The lowest BCUT2D eigenvalue weighted by atomic mass is 10.1. The molecule has 2 atom stereocenters. The fraction of sp³-hybridized carbons (Fsp3) is 0.250. The number of alkyl halides is 1. The van der Waals surface area contributed by atoms with Gasteiger partial charge in [0.25, 0.3) is 0 Å². The summed E-state index contributed by atoms with van der Waals surface area (Å²) in [4.78, 5) is 4.28. The first kappa shape index (κ1) is 11.3. The standard InChI is InChI=1S/C12H12ClNO2/c13-7-11(15)12(16)10-6-5-8-3-1-2-4-9(8)14-10/h1-6,11-12,15-16H,7H2. The van der Waals surface area contributed by atoms with Gasteiger partial charge in [0.15, 0.2) is 0 Å². The van der Waals surface area contributed by atoms with E-state index in [0.717, 1.165) is 10.9 Å². The summed E-state index contributed by atoms with van der Waals surface area (Å²) in [5.41, 5.74) is 1.23. The maximum absolute atomic E-state index is 9.75. The smallest absolute Gasteiger partial charge is 0.123 e. The molecular formula is C12H12ClNO2. The van der Waals surface area contributed by atoms with Crippen LogP contribution in [-0.4, -0.2) is 27.2 Å². The molecule has 0 bridgehead atoms. The highest BCUT2D eigenvalue weighted by Gasteiger charge is 2.18. The van der Waals surface area contributed by atoms with Crippen molar-refractivity contribution in [3.05, 3.63) is 42.1 Å². The van der Waals surface area contributed by atoms with Crippen molar-refractivity contribution in [2.75, 3.05) is 5.88 Å². The van der Waals surface area contributed by atoms with Crippen molar-refractivity contribution in [1.29, 1.82) is 0 Å². The summed E-state index contributed by atoms with van der Waals surface area (Å²) >= 11 is 5.48. The van der Waals surface area contributed by atoms with Crippen LogP contribution in [0.1, 0.15) is 11.8 Å². The van der Waals surface area contributed by atoms with E-state index >= 15 is 0 Å². The Morgan fingerprint density at radius 1 is 1.12 bits per heavy atom. The Kier molecular flexibility index (Phi) is 3.39. The van der Waals surface area contributed by atoms with Crippen LogP contribution in [-0.2, 0) is 0 Å². The molecule has 0 fully saturated rings. The molecule has 3 nitrogen and oxygen atoms in total. The van der Waals surface area contributed by atoms with Crippen molar-refractivity contribution in [1.82, 2.24) is 4.98 Å². The number of aliphatic hydroxyl groups is 2. The zero-order valence-corrected chi connectivity index (χ0v) is 9.30. The number of hydrogen-bond donors (Lipinski definition) is 2. The fourth-order valence-electron chi connectivity index (χ4n) is 1.53. The molecule has 2 rings (SSSR count). The molecule has 0 aliphatic heterocycles. The molecule has 0 saturated carbocycles. The van der Waals surface area contributed by atoms with Gasteiger partial charge in [-0.2, -0.15) is 0 Å². The summed E-state index contributed by atoms with van der Waals surface area (Å²) in [5, 5.41) is 20.2.